The maximum absolute atomic E-state index is 12.9. The number of hydrogen-bond donors (Lipinski definition) is 0. The fourth-order valence-electron chi connectivity index (χ4n) is 3.80. The van der Waals surface area contributed by atoms with E-state index in [9.17, 15) is 4.79 Å². The first-order chi connectivity index (χ1) is 14.1. The van der Waals surface area contributed by atoms with Crippen LogP contribution in [0.4, 0.5) is 0 Å². The standard InChI is InChI=1S/C23H20N2O4/c1-14-3-4-18(28-14)10-20-21(26)19-9-17-12-25(11-16-5-7-24-8-6-16)13-27-22(17)15(2)23(19)29-20/h3-10H,11-13H2,1-2H3/b20-10-. The molecule has 0 saturated carbocycles. The molecule has 2 aliphatic heterocycles. The van der Waals surface area contributed by atoms with E-state index >= 15 is 0 Å². The maximum atomic E-state index is 12.9. The molecule has 0 N–H and O–H groups in total. The monoisotopic (exact) mass is 388 g/mol. The van der Waals surface area contributed by atoms with Crippen molar-refractivity contribution in [1.29, 1.82) is 0 Å². The lowest BCUT2D eigenvalue weighted by molar-refractivity contribution is 0.0876. The summed E-state index contributed by atoms with van der Waals surface area (Å²) in [6.45, 7) is 5.74. The van der Waals surface area contributed by atoms with Gasteiger partial charge in [0.25, 0.3) is 0 Å². The molecule has 0 bridgehead atoms. The highest BCUT2D eigenvalue weighted by Crippen LogP contribution is 2.43. The van der Waals surface area contributed by atoms with Gasteiger partial charge in [-0.3, -0.25) is 14.7 Å². The van der Waals surface area contributed by atoms with Crippen molar-refractivity contribution in [2.75, 3.05) is 6.73 Å². The van der Waals surface area contributed by atoms with Crippen LogP contribution in [0.15, 0.2) is 52.9 Å². The second-order valence-corrected chi connectivity index (χ2v) is 7.37. The lowest BCUT2D eigenvalue weighted by Crippen LogP contribution is -2.32. The molecule has 6 nitrogen and oxygen atoms in total. The summed E-state index contributed by atoms with van der Waals surface area (Å²) in [5, 5.41) is 0. The molecule has 0 aliphatic carbocycles. The number of rotatable bonds is 3. The number of fused-ring (bicyclic) bond motifs is 2. The van der Waals surface area contributed by atoms with Crippen LogP contribution in [0.3, 0.4) is 0 Å². The Morgan fingerprint density at radius 1 is 1.14 bits per heavy atom. The van der Waals surface area contributed by atoms with Crippen LogP contribution >= 0.6 is 0 Å². The minimum absolute atomic E-state index is 0.133. The average molecular weight is 388 g/mol. The van der Waals surface area contributed by atoms with Gasteiger partial charge in [0.05, 0.1) is 5.56 Å². The number of carbonyl (C=O) groups is 1. The molecular formula is C23H20N2O4. The molecular weight excluding hydrogens is 368 g/mol. The number of ether oxygens (including phenoxy) is 2. The summed E-state index contributed by atoms with van der Waals surface area (Å²) < 4.78 is 17.5. The van der Waals surface area contributed by atoms with E-state index in [0.29, 0.717) is 30.3 Å². The molecule has 5 rings (SSSR count). The first-order valence-corrected chi connectivity index (χ1v) is 9.50. The first-order valence-electron chi connectivity index (χ1n) is 9.50. The van der Waals surface area contributed by atoms with Crippen molar-refractivity contribution in [3.8, 4) is 11.5 Å². The van der Waals surface area contributed by atoms with Crippen LogP contribution < -0.4 is 9.47 Å². The van der Waals surface area contributed by atoms with Crippen LogP contribution in [0.1, 0.15) is 38.6 Å². The van der Waals surface area contributed by atoms with Gasteiger partial charge in [0.1, 0.15) is 29.8 Å². The Hall–Kier alpha value is -3.38. The highest BCUT2D eigenvalue weighted by molar-refractivity contribution is 6.15. The van der Waals surface area contributed by atoms with E-state index in [1.165, 1.54) is 5.56 Å². The van der Waals surface area contributed by atoms with Crippen molar-refractivity contribution in [2.24, 2.45) is 0 Å². The smallest absolute Gasteiger partial charge is 0.232 e. The molecule has 4 heterocycles. The van der Waals surface area contributed by atoms with Crippen molar-refractivity contribution < 1.29 is 18.7 Å². The molecule has 0 saturated heterocycles. The van der Waals surface area contributed by atoms with Crippen molar-refractivity contribution >= 4 is 11.9 Å². The molecule has 146 valence electrons. The molecule has 3 aromatic rings. The lowest BCUT2D eigenvalue weighted by Gasteiger charge is -2.30. The number of pyridine rings is 1. The zero-order chi connectivity index (χ0) is 20.0. The topological polar surface area (TPSA) is 64.8 Å². The van der Waals surface area contributed by atoms with Crippen molar-refractivity contribution in [3.05, 3.63) is 82.3 Å². The fraction of sp³-hybridized carbons (Fsp3) is 0.217. The minimum Gasteiger partial charge on any atom is -0.477 e. The molecule has 2 aliphatic rings. The van der Waals surface area contributed by atoms with Crippen molar-refractivity contribution in [2.45, 2.75) is 26.9 Å². The lowest BCUT2D eigenvalue weighted by atomic mass is 10.00. The molecule has 0 radical (unpaired) electrons. The van der Waals surface area contributed by atoms with E-state index in [1.54, 1.807) is 18.5 Å². The Kier molecular flexibility index (Phi) is 4.21. The fourth-order valence-corrected chi connectivity index (χ4v) is 3.80. The number of ketones is 1. The van der Waals surface area contributed by atoms with E-state index in [0.717, 1.165) is 29.2 Å². The van der Waals surface area contributed by atoms with Gasteiger partial charge in [-0.15, -0.1) is 0 Å². The highest BCUT2D eigenvalue weighted by Gasteiger charge is 2.33. The highest BCUT2D eigenvalue weighted by atomic mass is 16.5. The summed E-state index contributed by atoms with van der Waals surface area (Å²) in [6.07, 6.45) is 5.22. The number of Topliss-reactive ketones (excluding diaryl/α,β-unsaturated/α-hetero) is 1. The van der Waals surface area contributed by atoms with Crippen LogP contribution in [-0.2, 0) is 13.1 Å². The van der Waals surface area contributed by atoms with Gasteiger partial charge >= 0.3 is 0 Å². The number of hydrogen-bond acceptors (Lipinski definition) is 6. The van der Waals surface area contributed by atoms with Crippen LogP contribution in [0.5, 0.6) is 11.5 Å². The van der Waals surface area contributed by atoms with E-state index in [4.69, 9.17) is 13.9 Å². The van der Waals surface area contributed by atoms with Gasteiger partial charge in [-0.1, -0.05) is 0 Å². The number of benzene rings is 1. The van der Waals surface area contributed by atoms with Crippen LogP contribution in [-0.4, -0.2) is 22.4 Å². The van der Waals surface area contributed by atoms with Crippen molar-refractivity contribution in [1.82, 2.24) is 9.88 Å². The molecule has 0 unspecified atom stereocenters. The molecule has 6 heteroatoms. The van der Waals surface area contributed by atoms with Gasteiger partial charge in [-0.25, -0.2) is 0 Å². The van der Waals surface area contributed by atoms with E-state index < -0.39 is 0 Å². The Morgan fingerprint density at radius 2 is 1.97 bits per heavy atom. The van der Waals surface area contributed by atoms with Gasteiger partial charge in [0, 0.05) is 42.7 Å². The Morgan fingerprint density at radius 3 is 2.72 bits per heavy atom. The van der Waals surface area contributed by atoms with E-state index in [-0.39, 0.29) is 11.5 Å². The third-order valence-electron chi connectivity index (χ3n) is 5.19. The third kappa shape index (κ3) is 3.21. The van der Waals surface area contributed by atoms with E-state index in [2.05, 4.69) is 9.88 Å². The van der Waals surface area contributed by atoms with Gasteiger partial charge in [0.15, 0.2) is 5.76 Å². The summed E-state index contributed by atoms with van der Waals surface area (Å²) in [4.78, 5) is 19.2. The molecule has 0 fully saturated rings. The largest absolute Gasteiger partial charge is 0.477 e. The first kappa shape index (κ1) is 17.7. The second kappa shape index (κ2) is 6.90. The van der Waals surface area contributed by atoms with Crippen LogP contribution in [0.2, 0.25) is 0 Å². The number of aryl methyl sites for hydroxylation is 1. The molecule has 0 atom stereocenters. The average Bonchev–Trinajstić information content (AvgIpc) is 3.27. The summed E-state index contributed by atoms with van der Waals surface area (Å²) >= 11 is 0. The van der Waals surface area contributed by atoms with Crippen molar-refractivity contribution in [3.63, 3.8) is 0 Å². The zero-order valence-corrected chi connectivity index (χ0v) is 16.3. The predicted octanol–water partition coefficient (Wildman–Crippen LogP) is 4.26. The number of aromatic nitrogens is 1. The Bertz CT molecular complexity index is 1130. The predicted molar refractivity (Wildman–Crippen MR) is 107 cm³/mol. The number of nitrogens with zero attached hydrogens (tertiary/aromatic N) is 2. The second-order valence-electron chi connectivity index (χ2n) is 7.37. The molecule has 1 aromatic carbocycles. The minimum atomic E-state index is -0.133. The molecule has 29 heavy (non-hydrogen) atoms. The summed E-state index contributed by atoms with van der Waals surface area (Å²) in [5.74, 6) is 2.90. The van der Waals surface area contributed by atoms with Gasteiger partial charge < -0.3 is 13.9 Å². The Balaban J connectivity index is 1.43. The summed E-state index contributed by atoms with van der Waals surface area (Å²) in [7, 11) is 0. The van der Waals surface area contributed by atoms with Crippen LogP contribution in [0.25, 0.3) is 6.08 Å². The zero-order valence-electron chi connectivity index (χ0n) is 16.3. The molecule has 0 spiro atoms. The van der Waals surface area contributed by atoms with Crippen LogP contribution in [0, 0.1) is 13.8 Å². The number of allylic oxidation sites excluding steroid dienone is 1. The maximum Gasteiger partial charge on any atom is 0.232 e. The van der Waals surface area contributed by atoms with Gasteiger partial charge in [-0.2, -0.15) is 0 Å². The van der Waals surface area contributed by atoms with E-state index in [1.807, 2.05) is 44.2 Å². The number of carbonyl (C=O) groups excluding carboxylic acids is 1. The normalized spacial score (nSPS) is 17.0. The molecule has 0 amide bonds. The van der Waals surface area contributed by atoms with Gasteiger partial charge in [0.2, 0.25) is 5.78 Å². The summed E-state index contributed by atoms with van der Waals surface area (Å²) in [6, 6.07) is 9.56. The molecule has 2 aromatic heterocycles. The quantitative estimate of drug-likeness (QED) is 0.625. The Labute approximate surface area is 168 Å². The number of furan rings is 1. The van der Waals surface area contributed by atoms with Gasteiger partial charge in [-0.05, 0) is 49.7 Å². The summed E-state index contributed by atoms with van der Waals surface area (Å²) in [5.41, 5.74) is 3.59. The SMILES string of the molecule is Cc1ccc(/C=C2\Oc3c(cc4c(c3C)OCN(Cc3ccncc3)C4)C2=O)o1. The third-order valence-corrected chi connectivity index (χ3v) is 5.19.